The van der Waals surface area contributed by atoms with Crippen LogP contribution in [0, 0.1) is 0 Å². The Morgan fingerprint density at radius 1 is 1.29 bits per heavy atom. The zero-order chi connectivity index (χ0) is 16.4. The Morgan fingerprint density at radius 3 is 3.08 bits per heavy atom. The zero-order valence-corrected chi connectivity index (χ0v) is 14.5. The second-order valence-electron chi connectivity index (χ2n) is 4.93. The normalized spacial score (nSPS) is 11.2. The topological polar surface area (TPSA) is 76.8 Å². The van der Waals surface area contributed by atoms with Gasteiger partial charge in [-0.25, -0.2) is 4.98 Å². The summed E-state index contributed by atoms with van der Waals surface area (Å²) in [5, 5.41) is 6.82. The number of imidazole rings is 1. The fourth-order valence-corrected chi connectivity index (χ4v) is 3.61. The summed E-state index contributed by atoms with van der Waals surface area (Å²) in [7, 11) is 0. The van der Waals surface area contributed by atoms with E-state index < -0.39 is 0 Å². The van der Waals surface area contributed by atoms with E-state index in [0.29, 0.717) is 24.1 Å². The predicted molar refractivity (Wildman–Crippen MR) is 94.4 cm³/mol. The number of rotatable bonds is 6. The summed E-state index contributed by atoms with van der Waals surface area (Å²) in [5.41, 5.74) is 1.86. The van der Waals surface area contributed by atoms with Crippen LogP contribution in [-0.4, -0.2) is 26.7 Å². The van der Waals surface area contributed by atoms with E-state index in [4.69, 9.17) is 9.26 Å². The summed E-state index contributed by atoms with van der Waals surface area (Å²) in [6.07, 6.45) is 0. The standard InChI is InChI=1S/C16H14N4O2S2/c1-2-21-10-5-6-11-12(8-10)18-16(17-11)24-9-14-19-15(20-22-14)13-4-3-7-23-13/h3-8H,2,9H2,1H3,(H,17,18). The molecular formula is C16H14N4O2S2. The van der Waals surface area contributed by atoms with Crippen LogP contribution in [0.1, 0.15) is 12.8 Å². The smallest absolute Gasteiger partial charge is 0.237 e. The van der Waals surface area contributed by atoms with E-state index in [2.05, 4.69) is 20.1 Å². The molecule has 0 radical (unpaired) electrons. The lowest BCUT2D eigenvalue weighted by Crippen LogP contribution is -1.90. The molecule has 24 heavy (non-hydrogen) atoms. The Labute approximate surface area is 146 Å². The lowest BCUT2D eigenvalue weighted by molar-refractivity contribution is 0.340. The summed E-state index contributed by atoms with van der Waals surface area (Å²) >= 11 is 3.12. The number of fused-ring (bicyclic) bond motifs is 1. The number of hydrogen-bond donors (Lipinski definition) is 1. The van der Waals surface area contributed by atoms with E-state index in [1.54, 1.807) is 11.3 Å². The van der Waals surface area contributed by atoms with Crippen molar-refractivity contribution in [1.29, 1.82) is 0 Å². The van der Waals surface area contributed by atoms with Gasteiger partial charge in [-0.05, 0) is 30.5 Å². The Bertz CT molecular complexity index is 946. The van der Waals surface area contributed by atoms with Crippen LogP contribution in [0.2, 0.25) is 0 Å². The average Bonchev–Trinajstić information content (AvgIpc) is 3.32. The van der Waals surface area contributed by atoms with E-state index in [9.17, 15) is 0 Å². The first-order valence-electron chi connectivity index (χ1n) is 7.43. The van der Waals surface area contributed by atoms with E-state index in [-0.39, 0.29) is 0 Å². The molecule has 0 aliphatic rings. The van der Waals surface area contributed by atoms with Crippen molar-refractivity contribution in [3.8, 4) is 16.5 Å². The minimum atomic E-state index is 0.566. The van der Waals surface area contributed by atoms with E-state index in [1.807, 2.05) is 42.6 Å². The van der Waals surface area contributed by atoms with Crippen LogP contribution in [0.5, 0.6) is 5.75 Å². The molecule has 4 aromatic rings. The maximum absolute atomic E-state index is 5.50. The number of nitrogens with zero attached hydrogens (tertiary/aromatic N) is 3. The van der Waals surface area contributed by atoms with Crippen molar-refractivity contribution in [2.24, 2.45) is 0 Å². The number of ether oxygens (including phenoxy) is 1. The monoisotopic (exact) mass is 358 g/mol. The van der Waals surface area contributed by atoms with Gasteiger partial charge in [0, 0.05) is 6.07 Å². The molecule has 3 aromatic heterocycles. The third-order valence-electron chi connectivity index (χ3n) is 3.28. The van der Waals surface area contributed by atoms with Crippen LogP contribution in [-0.2, 0) is 5.75 Å². The first kappa shape index (κ1) is 15.2. The molecule has 0 spiro atoms. The summed E-state index contributed by atoms with van der Waals surface area (Å²) in [5.74, 6) is 2.62. The van der Waals surface area contributed by atoms with Crippen molar-refractivity contribution in [2.75, 3.05) is 6.61 Å². The molecule has 1 aromatic carbocycles. The van der Waals surface area contributed by atoms with Crippen molar-refractivity contribution in [3.63, 3.8) is 0 Å². The minimum Gasteiger partial charge on any atom is -0.494 e. The van der Waals surface area contributed by atoms with Gasteiger partial charge >= 0.3 is 0 Å². The molecule has 4 rings (SSSR count). The average molecular weight is 358 g/mol. The maximum Gasteiger partial charge on any atom is 0.237 e. The number of thioether (sulfide) groups is 1. The van der Waals surface area contributed by atoms with Gasteiger partial charge in [0.25, 0.3) is 0 Å². The summed E-state index contributed by atoms with van der Waals surface area (Å²) in [6.45, 7) is 2.61. The summed E-state index contributed by atoms with van der Waals surface area (Å²) < 4.78 is 10.8. The van der Waals surface area contributed by atoms with Crippen LogP contribution in [0.4, 0.5) is 0 Å². The number of H-pyrrole nitrogens is 1. The van der Waals surface area contributed by atoms with Gasteiger partial charge in [0.15, 0.2) is 5.16 Å². The highest BCUT2D eigenvalue weighted by molar-refractivity contribution is 7.98. The lowest BCUT2D eigenvalue weighted by Gasteiger charge is -2.00. The SMILES string of the molecule is CCOc1ccc2nc(SCc3nc(-c4cccs4)no3)[nH]c2c1. The summed E-state index contributed by atoms with van der Waals surface area (Å²) in [4.78, 5) is 13.2. The molecule has 0 atom stereocenters. The fraction of sp³-hybridized carbons (Fsp3) is 0.188. The molecule has 122 valence electrons. The van der Waals surface area contributed by atoms with Crippen LogP contribution in [0.3, 0.4) is 0 Å². The number of nitrogens with one attached hydrogen (secondary N) is 1. The van der Waals surface area contributed by atoms with Gasteiger partial charge in [-0.3, -0.25) is 0 Å². The second-order valence-corrected chi connectivity index (χ2v) is 6.84. The highest BCUT2D eigenvalue weighted by Gasteiger charge is 2.11. The van der Waals surface area contributed by atoms with Gasteiger partial charge in [0.1, 0.15) is 5.75 Å². The number of benzene rings is 1. The Morgan fingerprint density at radius 2 is 2.25 bits per heavy atom. The molecule has 0 bridgehead atoms. The van der Waals surface area contributed by atoms with Crippen LogP contribution in [0.25, 0.3) is 21.7 Å². The molecule has 6 nitrogen and oxygen atoms in total. The third-order valence-corrected chi connectivity index (χ3v) is 5.01. The maximum atomic E-state index is 5.50. The first-order chi connectivity index (χ1) is 11.8. The van der Waals surface area contributed by atoms with Crippen molar-refractivity contribution in [3.05, 3.63) is 41.6 Å². The molecule has 3 heterocycles. The number of aromatic amines is 1. The molecule has 8 heteroatoms. The molecule has 1 N–H and O–H groups in total. The van der Waals surface area contributed by atoms with Gasteiger partial charge in [-0.15, -0.1) is 11.3 Å². The molecule has 0 amide bonds. The zero-order valence-electron chi connectivity index (χ0n) is 12.9. The van der Waals surface area contributed by atoms with E-state index in [1.165, 1.54) is 11.8 Å². The third kappa shape index (κ3) is 3.15. The molecule has 0 saturated carbocycles. The van der Waals surface area contributed by atoms with E-state index >= 15 is 0 Å². The predicted octanol–water partition coefficient (Wildman–Crippen LogP) is 4.37. The number of thiophene rings is 1. The van der Waals surface area contributed by atoms with Crippen molar-refractivity contribution in [2.45, 2.75) is 17.8 Å². The van der Waals surface area contributed by atoms with Gasteiger partial charge < -0.3 is 14.2 Å². The largest absolute Gasteiger partial charge is 0.494 e. The van der Waals surface area contributed by atoms with Gasteiger partial charge in [-0.1, -0.05) is 23.0 Å². The second kappa shape index (κ2) is 6.66. The van der Waals surface area contributed by atoms with Gasteiger partial charge in [-0.2, -0.15) is 4.98 Å². The molecular weight excluding hydrogens is 344 g/mol. The van der Waals surface area contributed by atoms with Crippen LogP contribution >= 0.6 is 23.1 Å². The van der Waals surface area contributed by atoms with Gasteiger partial charge in [0.05, 0.1) is 28.3 Å². The highest BCUT2D eigenvalue weighted by Crippen LogP contribution is 2.26. The number of aromatic nitrogens is 4. The number of hydrogen-bond acceptors (Lipinski definition) is 7. The Hall–Kier alpha value is -2.32. The molecule has 0 aliphatic heterocycles. The van der Waals surface area contributed by atoms with E-state index in [0.717, 1.165) is 26.8 Å². The quantitative estimate of drug-likeness (QED) is 0.516. The van der Waals surface area contributed by atoms with Gasteiger partial charge in [0.2, 0.25) is 11.7 Å². The fourth-order valence-electron chi connectivity index (χ4n) is 2.24. The van der Waals surface area contributed by atoms with Crippen LogP contribution in [0.15, 0.2) is 45.4 Å². The Balaban J connectivity index is 1.46. The van der Waals surface area contributed by atoms with Crippen molar-refractivity contribution in [1.82, 2.24) is 20.1 Å². The molecule has 0 saturated heterocycles. The van der Waals surface area contributed by atoms with Crippen molar-refractivity contribution >= 4 is 34.1 Å². The minimum absolute atomic E-state index is 0.566. The molecule has 0 fully saturated rings. The molecule has 0 aliphatic carbocycles. The first-order valence-corrected chi connectivity index (χ1v) is 9.30. The molecule has 0 unspecified atom stereocenters. The van der Waals surface area contributed by atoms with Crippen LogP contribution < -0.4 is 4.74 Å². The lowest BCUT2D eigenvalue weighted by atomic mass is 10.3. The highest BCUT2D eigenvalue weighted by atomic mass is 32.2. The van der Waals surface area contributed by atoms with Crippen molar-refractivity contribution < 1.29 is 9.26 Å². The summed E-state index contributed by atoms with van der Waals surface area (Å²) in [6, 6.07) is 9.77. The Kier molecular flexibility index (Phi) is 4.22.